The molecule has 100 valence electrons. The molecule has 1 rings (SSSR count). The third-order valence-electron chi connectivity index (χ3n) is 2.43. The molecule has 1 aromatic carbocycles. The minimum absolute atomic E-state index is 0.365. The molecule has 0 aliphatic carbocycles. The van der Waals surface area contributed by atoms with Gasteiger partial charge >= 0.3 is 5.97 Å². The molecule has 3 N–H and O–H groups in total. The Hall–Kier alpha value is -1.27. The molecule has 0 aliphatic rings. The third kappa shape index (κ3) is 3.36. The molecule has 5 nitrogen and oxygen atoms in total. The standard InChI is InChI=1S/C12H16BrNO4/c1-3-9(12(15)16)18-11-8(13)4-7(6-14)5-10(11)17-2/h4-5,9H,3,6,14H2,1-2H3,(H,15,16). The largest absolute Gasteiger partial charge is 0.493 e. The van der Waals surface area contributed by atoms with E-state index < -0.39 is 12.1 Å². The molecule has 0 fully saturated rings. The SMILES string of the molecule is CCC(Oc1c(Br)cc(CN)cc1OC)C(=O)O. The van der Waals surface area contributed by atoms with Crippen molar-refractivity contribution in [2.45, 2.75) is 26.0 Å². The van der Waals surface area contributed by atoms with E-state index in [0.717, 1.165) is 5.56 Å². The summed E-state index contributed by atoms with van der Waals surface area (Å²) in [5, 5.41) is 8.99. The lowest BCUT2D eigenvalue weighted by Gasteiger charge is -2.18. The van der Waals surface area contributed by atoms with Crippen LogP contribution in [0.5, 0.6) is 11.5 Å². The molecule has 1 unspecified atom stereocenters. The molecule has 0 amide bonds. The topological polar surface area (TPSA) is 81.8 Å². The lowest BCUT2D eigenvalue weighted by atomic mass is 10.2. The molecule has 0 saturated carbocycles. The molecule has 1 atom stereocenters. The summed E-state index contributed by atoms with van der Waals surface area (Å²) >= 11 is 3.33. The zero-order valence-electron chi connectivity index (χ0n) is 10.3. The van der Waals surface area contributed by atoms with E-state index in [1.807, 2.05) is 0 Å². The lowest BCUT2D eigenvalue weighted by molar-refractivity contribution is -0.145. The van der Waals surface area contributed by atoms with Crippen LogP contribution < -0.4 is 15.2 Å². The van der Waals surface area contributed by atoms with Crippen LogP contribution >= 0.6 is 15.9 Å². The molecule has 0 spiro atoms. The fraction of sp³-hybridized carbons (Fsp3) is 0.417. The third-order valence-corrected chi connectivity index (χ3v) is 3.02. The summed E-state index contributed by atoms with van der Waals surface area (Å²) in [5.74, 6) is -0.164. The van der Waals surface area contributed by atoms with Crippen molar-refractivity contribution in [3.63, 3.8) is 0 Å². The summed E-state index contributed by atoms with van der Waals surface area (Å²) in [7, 11) is 1.50. The number of nitrogens with two attached hydrogens (primary N) is 1. The summed E-state index contributed by atoms with van der Waals surface area (Å²) in [6, 6.07) is 3.51. The van der Waals surface area contributed by atoms with Gasteiger partial charge in [-0.15, -0.1) is 0 Å². The summed E-state index contributed by atoms with van der Waals surface area (Å²) in [5.41, 5.74) is 6.43. The number of carboxylic acids is 1. The number of methoxy groups -OCH3 is 1. The van der Waals surface area contributed by atoms with Crippen molar-refractivity contribution < 1.29 is 19.4 Å². The predicted octanol–water partition coefficient (Wildman–Crippen LogP) is 2.16. The molecular weight excluding hydrogens is 302 g/mol. The maximum Gasteiger partial charge on any atom is 0.344 e. The van der Waals surface area contributed by atoms with Gasteiger partial charge in [0.1, 0.15) is 0 Å². The van der Waals surface area contributed by atoms with Crippen molar-refractivity contribution >= 4 is 21.9 Å². The van der Waals surface area contributed by atoms with Crippen LogP contribution in [0.3, 0.4) is 0 Å². The van der Waals surface area contributed by atoms with Gasteiger partial charge in [-0.25, -0.2) is 4.79 Å². The average molecular weight is 318 g/mol. The molecular formula is C12H16BrNO4. The van der Waals surface area contributed by atoms with Gasteiger partial charge in [-0.2, -0.15) is 0 Å². The van der Waals surface area contributed by atoms with Crippen molar-refractivity contribution in [1.82, 2.24) is 0 Å². The van der Waals surface area contributed by atoms with E-state index in [-0.39, 0.29) is 0 Å². The number of hydrogen-bond donors (Lipinski definition) is 2. The Labute approximate surface area is 114 Å². The van der Waals surface area contributed by atoms with Crippen molar-refractivity contribution in [1.29, 1.82) is 0 Å². The fourth-order valence-corrected chi connectivity index (χ4v) is 2.04. The van der Waals surface area contributed by atoms with Crippen LogP contribution in [-0.4, -0.2) is 24.3 Å². The van der Waals surface area contributed by atoms with E-state index in [1.54, 1.807) is 19.1 Å². The Kier molecular flexibility index (Phi) is 5.43. The summed E-state index contributed by atoms with van der Waals surface area (Å²) in [6.45, 7) is 2.11. The summed E-state index contributed by atoms with van der Waals surface area (Å²) in [4.78, 5) is 11.0. The van der Waals surface area contributed by atoms with E-state index in [9.17, 15) is 4.79 Å². The molecule has 0 aromatic heterocycles. The first-order chi connectivity index (χ1) is 8.53. The van der Waals surface area contributed by atoms with Crippen LogP contribution in [0.15, 0.2) is 16.6 Å². The van der Waals surface area contributed by atoms with Crippen molar-refractivity contribution in [3.05, 3.63) is 22.2 Å². The Bertz CT molecular complexity index is 436. The highest BCUT2D eigenvalue weighted by Gasteiger charge is 2.21. The fourth-order valence-electron chi connectivity index (χ4n) is 1.46. The Morgan fingerprint density at radius 2 is 2.22 bits per heavy atom. The first kappa shape index (κ1) is 14.8. The van der Waals surface area contributed by atoms with Gasteiger partial charge in [-0.05, 0) is 40.0 Å². The summed E-state index contributed by atoms with van der Waals surface area (Å²) in [6.07, 6.45) is -0.539. The van der Waals surface area contributed by atoms with Gasteiger partial charge in [-0.3, -0.25) is 0 Å². The highest BCUT2D eigenvalue weighted by atomic mass is 79.9. The Morgan fingerprint density at radius 1 is 1.56 bits per heavy atom. The maximum absolute atomic E-state index is 11.0. The minimum atomic E-state index is -1.01. The average Bonchev–Trinajstić information content (AvgIpc) is 2.35. The number of rotatable bonds is 6. The van der Waals surface area contributed by atoms with Gasteiger partial charge in [0.25, 0.3) is 0 Å². The molecule has 0 saturated heterocycles. The molecule has 6 heteroatoms. The maximum atomic E-state index is 11.0. The van der Waals surface area contributed by atoms with Crippen LogP contribution in [-0.2, 0) is 11.3 Å². The number of carboxylic acid groups (broad SMARTS) is 1. The van der Waals surface area contributed by atoms with Crippen molar-refractivity contribution in [3.8, 4) is 11.5 Å². The van der Waals surface area contributed by atoms with Gasteiger partial charge < -0.3 is 20.3 Å². The van der Waals surface area contributed by atoms with Gasteiger partial charge in [0.05, 0.1) is 11.6 Å². The summed E-state index contributed by atoms with van der Waals surface area (Å²) < 4.78 is 11.3. The van der Waals surface area contributed by atoms with Crippen LogP contribution in [0, 0.1) is 0 Å². The van der Waals surface area contributed by atoms with E-state index in [0.29, 0.717) is 28.9 Å². The molecule has 1 aromatic rings. The molecule has 0 radical (unpaired) electrons. The van der Waals surface area contributed by atoms with E-state index in [2.05, 4.69) is 15.9 Å². The second-order valence-electron chi connectivity index (χ2n) is 3.67. The molecule has 0 heterocycles. The van der Waals surface area contributed by atoms with Crippen LogP contribution in [0.25, 0.3) is 0 Å². The van der Waals surface area contributed by atoms with Crippen LogP contribution in [0.2, 0.25) is 0 Å². The second kappa shape index (κ2) is 6.61. The normalized spacial score (nSPS) is 12.0. The Morgan fingerprint density at radius 3 is 2.67 bits per heavy atom. The van der Waals surface area contributed by atoms with E-state index in [1.165, 1.54) is 7.11 Å². The van der Waals surface area contributed by atoms with E-state index in [4.69, 9.17) is 20.3 Å². The smallest absolute Gasteiger partial charge is 0.344 e. The second-order valence-corrected chi connectivity index (χ2v) is 4.52. The lowest BCUT2D eigenvalue weighted by Crippen LogP contribution is -2.26. The van der Waals surface area contributed by atoms with Gasteiger partial charge in [0, 0.05) is 6.54 Å². The highest BCUT2D eigenvalue weighted by Crippen LogP contribution is 2.37. The molecule has 0 bridgehead atoms. The number of benzene rings is 1. The number of ether oxygens (including phenoxy) is 2. The first-order valence-electron chi connectivity index (χ1n) is 5.49. The zero-order chi connectivity index (χ0) is 13.7. The van der Waals surface area contributed by atoms with Gasteiger partial charge in [-0.1, -0.05) is 6.92 Å². The predicted molar refractivity (Wildman–Crippen MR) is 70.9 cm³/mol. The Balaban J connectivity index is 3.11. The minimum Gasteiger partial charge on any atom is -0.493 e. The number of carbonyl (C=O) groups is 1. The number of halogens is 1. The first-order valence-corrected chi connectivity index (χ1v) is 6.28. The van der Waals surface area contributed by atoms with E-state index >= 15 is 0 Å². The van der Waals surface area contributed by atoms with Crippen LogP contribution in [0.4, 0.5) is 0 Å². The number of hydrogen-bond acceptors (Lipinski definition) is 4. The van der Waals surface area contributed by atoms with Crippen LogP contribution in [0.1, 0.15) is 18.9 Å². The molecule has 18 heavy (non-hydrogen) atoms. The van der Waals surface area contributed by atoms with Crippen molar-refractivity contribution in [2.24, 2.45) is 5.73 Å². The monoisotopic (exact) mass is 317 g/mol. The number of aliphatic carboxylic acids is 1. The quantitative estimate of drug-likeness (QED) is 0.840. The van der Waals surface area contributed by atoms with Crippen molar-refractivity contribution in [2.75, 3.05) is 7.11 Å². The highest BCUT2D eigenvalue weighted by molar-refractivity contribution is 9.10. The molecule has 0 aliphatic heterocycles. The zero-order valence-corrected chi connectivity index (χ0v) is 11.9. The van der Waals surface area contributed by atoms with Gasteiger partial charge in [0.15, 0.2) is 17.6 Å². The van der Waals surface area contributed by atoms with Gasteiger partial charge in [0.2, 0.25) is 0 Å².